The molecule has 0 radical (unpaired) electrons. The standard InChI is InChI=1S/C57H104O5/c1-4-7-10-13-16-19-22-25-27-29-30-33-35-38-41-44-47-50-56(58)61-54-55(62-57(59)51-48-45-42-39-36-32-24-21-18-15-12-9-6-3)53-60-52-49-46-43-40-37-34-31-28-26-23-20-17-14-11-8-5-2/h9,12,18,21,26,28,32,36,55H,4-8,10-11,13-17,19-20,22-25,27,29-31,33-35,37-54H2,1-3H3/b12-9-,21-18-,28-26-,36-32-. The highest BCUT2D eigenvalue weighted by atomic mass is 16.6. The fraction of sp³-hybridized carbons (Fsp3) is 0.825. The molecule has 0 aromatic rings. The van der Waals surface area contributed by atoms with Gasteiger partial charge in [0, 0.05) is 19.4 Å². The first-order valence-electron chi connectivity index (χ1n) is 27.2. The summed E-state index contributed by atoms with van der Waals surface area (Å²) in [6, 6.07) is 0. The molecule has 0 aliphatic rings. The van der Waals surface area contributed by atoms with E-state index in [4.69, 9.17) is 14.2 Å². The van der Waals surface area contributed by atoms with Gasteiger partial charge in [0.05, 0.1) is 6.61 Å². The van der Waals surface area contributed by atoms with Gasteiger partial charge >= 0.3 is 11.9 Å². The normalized spacial score (nSPS) is 12.5. The van der Waals surface area contributed by atoms with Crippen molar-refractivity contribution >= 4 is 11.9 Å². The molecule has 1 unspecified atom stereocenters. The Bertz CT molecular complexity index is 1030. The van der Waals surface area contributed by atoms with Gasteiger partial charge in [-0.05, 0) is 77.0 Å². The van der Waals surface area contributed by atoms with Crippen LogP contribution < -0.4 is 0 Å². The van der Waals surface area contributed by atoms with E-state index in [1.807, 2.05) is 0 Å². The van der Waals surface area contributed by atoms with E-state index < -0.39 is 6.10 Å². The molecule has 1 atom stereocenters. The monoisotopic (exact) mass is 869 g/mol. The van der Waals surface area contributed by atoms with Crippen molar-refractivity contribution in [3.63, 3.8) is 0 Å². The van der Waals surface area contributed by atoms with Crippen molar-refractivity contribution < 1.29 is 23.8 Å². The summed E-state index contributed by atoms with van der Waals surface area (Å²) >= 11 is 0. The fourth-order valence-corrected chi connectivity index (χ4v) is 7.81. The van der Waals surface area contributed by atoms with Gasteiger partial charge in [-0.3, -0.25) is 9.59 Å². The molecular formula is C57H104O5. The molecule has 362 valence electrons. The molecule has 0 N–H and O–H groups in total. The lowest BCUT2D eigenvalue weighted by atomic mass is 10.0. The summed E-state index contributed by atoms with van der Waals surface area (Å²) in [5.74, 6) is -0.421. The molecule has 0 saturated carbocycles. The van der Waals surface area contributed by atoms with Crippen molar-refractivity contribution in [3.05, 3.63) is 48.6 Å². The summed E-state index contributed by atoms with van der Waals surface area (Å²) in [4.78, 5) is 25.4. The minimum absolute atomic E-state index is 0.0745. The van der Waals surface area contributed by atoms with Gasteiger partial charge in [-0.2, -0.15) is 0 Å². The first-order valence-corrected chi connectivity index (χ1v) is 27.2. The molecule has 0 aromatic carbocycles. The summed E-state index contributed by atoms with van der Waals surface area (Å²) in [7, 11) is 0. The second kappa shape index (κ2) is 53.2. The third-order valence-corrected chi connectivity index (χ3v) is 11.8. The van der Waals surface area contributed by atoms with Gasteiger partial charge in [-0.1, -0.05) is 236 Å². The molecule has 0 rings (SSSR count). The Morgan fingerprint density at radius 3 is 1.19 bits per heavy atom. The lowest BCUT2D eigenvalue weighted by Crippen LogP contribution is -2.30. The van der Waals surface area contributed by atoms with Gasteiger partial charge in [0.2, 0.25) is 0 Å². The zero-order chi connectivity index (χ0) is 44.9. The molecule has 0 aliphatic heterocycles. The Morgan fingerprint density at radius 2 is 0.726 bits per heavy atom. The Hall–Kier alpha value is -2.14. The van der Waals surface area contributed by atoms with E-state index in [1.165, 1.54) is 173 Å². The SMILES string of the molecule is CC/C=C\C/C=C\C/C=C\CCCCCC(=O)OC(COCCCCCCCC/C=C\CCCCCCCC)COC(=O)CCCCCCCCCCCCCCCCCCC. The molecule has 0 heterocycles. The number of unbranched alkanes of at least 4 members (excludes halogenated alkanes) is 31. The van der Waals surface area contributed by atoms with Crippen LogP contribution in [0.2, 0.25) is 0 Å². The highest BCUT2D eigenvalue weighted by Crippen LogP contribution is 2.16. The molecule has 5 nitrogen and oxygen atoms in total. The second-order valence-electron chi connectivity index (χ2n) is 18.1. The first-order chi connectivity index (χ1) is 30.6. The summed E-state index contributed by atoms with van der Waals surface area (Å²) in [5, 5.41) is 0. The highest BCUT2D eigenvalue weighted by molar-refractivity contribution is 5.70. The van der Waals surface area contributed by atoms with Crippen LogP contribution in [-0.4, -0.2) is 37.9 Å². The average Bonchev–Trinajstić information content (AvgIpc) is 3.27. The molecular weight excluding hydrogens is 765 g/mol. The Labute approximate surface area is 386 Å². The maximum absolute atomic E-state index is 12.8. The minimum atomic E-state index is -0.551. The quantitative estimate of drug-likeness (QED) is 0.0346. The molecule has 0 saturated heterocycles. The Balaban J connectivity index is 4.26. The minimum Gasteiger partial charge on any atom is -0.462 e. The molecule has 0 spiro atoms. The molecule has 0 amide bonds. The van der Waals surface area contributed by atoms with Crippen molar-refractivity contribution in [3.8, 4) is 0 Å². The van der Waals surface area contributed by atoms with Crippen LogP contribution in [0.15, 0.2) is 48.6 Å². The number of carbonyl (C=O) groups is 2. The van der Waals surface area contributed by atoms with Crippen molar-refractivity contribution in [2.45, 2.75) is 284 Å². The van der Waals surface area contributed by atoms with Crippen molar-refractivity contribution in [1.29, 1.82) is 0 Å². The number of hydrogen-bond acceptors (Lipinski definition) is 5. The third-order valence-electron chi connectivity index (χ3n) is 11.8. The Kier molecular flexibility index (Phi) is 51.4. The van der Waals surface area contributed by atoms with Gasteiger partial charge in [-0.25, -0.2) is 0 Å². The first kappa shape index (κ1) is 59.9. The number of carbonyl (C=O) groups excluding carboxylic acids is 2. The largest absolute Gasteiger partial charge is 0.462 e. The smallest absolute Gasteiger partial charge is 0.306 e. The summed E-state index contributed by atoms with van der Waals surface area (Å²) in [5.41, 5.74) is 0. The van der Waals surface area contributed by atoms with Crippen LogP contribution in [0.4, 0.5) is 0 Å². The molecule has 0 aliphatic carbocycles. The van der Waals surface area contributed by atoms with Gasteiger partial charge in [0.25, 0.3) is 0 Å². The van der Waals surface area contributed by atoms with Crippen molar-refractivity contribution in [1.82, 2.24) is 0 Å². The van der Waals surface area contributed by atoms with E-state index in [0.717, 1.165) is 70.6 Å². The lowest BCUT2D eigenvalue weighted by Gasteiger charge is -2.18. The van der Waals surface area contributed by atoms with Crippen LogP contribution in [-0.2, 0) is 23.8 Å². The predicted octanol–water partition coefficient (Wildman–Crippen LogP) is 18.3. The maximum atomic E-state index is 12.8. The van der Waals surface area contributed by atoms with E-state index in [9.17, 15) is 9.59 Å². The van der Waals surface area contributed by atoms with E-state index in [1.54, 1.807) is 0 Å². The molecule has 62 heavy (non-hydrogen) atoms. The molecule has 0 fully saturated rings. The lowest BCUT2D eigenvalue weighted by molar-refractivity contribution is -0.163. The average molecular weight is 869 g/mol. The van der Waals surface area contributed by atoms with E-state index >= 15 is 0 Å². The van der Waals surface area contributed by atoms with Crippen LogP contribution in [0.25, 0.3) is 0 Å². The zero-order valence-electron chi connectivity index (χ0n) is 41.6. The van der Waals surface area contributed by atoms with E-state index in [2.05, 4.69) is 69.4 Å². The van der Waals surface area contributed by atoms with Crippen LogP contribution in [0.3, 0.4) is 0 Å². The second-order valence-corrected chi connectivity index (χ2v) is 18.1. The van der Waals surface area contributed by atoms with Crippen molar-refractivity contribution in [2.75, 3.05) is 19.8 Å². The number of ether oxygens (including phenoxy) is 3. The summed E-state index contributed by atoms with van der Waals surface area (Å²) in [6.45, 7) is 7.71. The highest BCUT2D eigenvalue weighted by Gasteiger charge is 2.17. The van der Waals surface area contributed by atoms with Gasteiger partial charge in [0.15, 0.2) is 6.10 Å². The molecule has 0 bridgehead atoms. The maximum Gasteiger partial charge on any atom is 0.306 e. The number of allylic oxidation sites excluding steroid dienone is 8. The fourth-order valence-electron chi connectivity index (χ4n) is 7.81. The van der Waals surface area contributed by atoms with E-state index in [-0.39, 0.29) is 25.2 Å². The molecule has 0 aromatic heterocycles. The van der Waals surface area contributed by atoms with Crippen LogP contribution >= 0.6 is 0 Å². The topological polar surface area (TPSA) is 61.8 Å². The van der Waals surface area contributed by atoms with E-state index in [0.29, 0.717) is 19.4 Å². The van der Waals surface area contributed by atoms with Crippen LogP contribution in [0.5, 0.6) is 0 Å². The summed E-state index contributed by atoms with van der Waals surface area (Å²) in [6.07, 6.45) is 65.6. The number of rotatable bonds is 50. The van der Waals surface area contributed by atoms with Crippen molar-refractivity contribution in [2.24, 2.45) is 0 Å². The summed E-state index contributed by atoms with van der Waals surface area (Å²) < 4.78 is 17.4. The number of hydrogen-bond donors (Lipinski definition) is 0. The van der Waals surface area contributed by atoms with Gasteiger partial charge < -0.3 is 14.2 Å². The predicted molar refractivity (Wildman–Crippen MR) is 270 cm³/mol. The third kappa shape index (κ3) is 50.5. The van der Waals surface area contributed by atoms with Gasteiger partial charge in [-0.15, -0.1) is 0 Å². The zero-order valence-corrected chi connectivity index (χ0v) is 41.6. The Morgan fingerprint density at radius 1 is 0.371 bits per heavy atom. The van der Waals surface area contributed by atoms with Crippen LogP contribution in [0, 0.1) is 0 Å². The van der Waals surface area contributed by atoms with Gasteiger partial charge in [0.1, 0.15) is 6.61 Å². The number of esters is 2. The molecule has 5 heteroatoms. The van der Waals surface area contributed by atoms with Crippen LogP contribution in [0.1, 0.15) is 278 Å².